The normalized spacial score (nSPS) is 14.5. The molecule has 0 saturated heterocycles. The van der Waals surface area contributed by atoms with E-state index in [0.717, 1.165) is 0 Å². The van der Waals surface area contributed by atoms with Crippen molar-refractivity contribution in [1.29, 1.82) is 0 Å². The summed E-state index contributed by atoms with van der Waals surface area (Å²) in [7, 11) is 0. The maximum Gasteiger partial charge on any atom is 0.422 e. The predicted molar refractivity (Wildman–Crippen MR) is 49.8 cm³/mol. The largest absolute Gasteiger partial charge is 0.483 e. The van der Waals surface area contributed by atoms with E-state index in [1.807, 2.05) is 5.32 Å². The van der Waals surface area contributed by atoms with E-state index in [1.165, 1.54) is 18.2 Å². The van der Waals surface area contributed by atoms with Gasteiger partial charge in [-0.1, -0.05) is 6.07 Å². The van der Waals surface area contributed by atoms with Crippen molar-refractivity contribution in [3.63, 3.8) is 0 Å². The molecule has 0 aliphatic carbocycles. The van der Waals surface area contributed by atoms with Crippen LogP contribution in [0.5, 0.6) is 5.75 Å². The zero-order valence-electron chi connectivity index (χ0n) is 8.30. The van der Waals surface area contributed by atoms with Crippen LogP contribution in [0.15, 0.2) is 18.2 Å². The fraction of sp³-hybridized carbons (Fsp3) is 0.200. The number of amides is 2. The Hall–Kier alpha value is -2.05. The predicted octanol–water partition coefficient (Wildman–Crippen LogP) is 1.51. The van der Waals surface area contributed by atoms with Crippen LogP contribution in [0.25, 0.3) is 0 Å². The van der Waals surface area contributed by atoms with Crippen LogP contribution in [-0.2, 0) is 0 Å². The molecule has 1 aliphatic heterocycles. The van der Waals surface area contributed by atoms with Crippen molar-refractivity contribution < 1.29 is 27.5 Å². The van der Waals surface area contributed by atoms with Gasteiger partial charge < -0.3 is 4.74 Å². The quantitative estimate of drug-likeness (QED) is 0.803. The number of halogens is 3. The van der Waals surface area contributed by atoms with Gasteiger partial charge in [-0.25, -0.2) is 0 Å². The smallest absolute Gasteiger partial charge is 0.422 e. The summed E-state index contributed by atoms with van der Waals surface area (Å²) in [6, 6.07) is 3.90. The number of rotatable bonds is 2. The lowest BCUT2D eigenvalue weighted by atomic mass is 10.1. The molecule has 0 radical (unpaired) electrons. The van der Waals surface area contributed by atoms with Crippen LogP contribution in [0.1, 0.15) is 20.7 Å². The van der Waals surface area contributed by atoms with Gasteiger partial charge in [-0.05, 0) is 12.1 Å². The molecule has 1 aliphatic rings. The number of nitrogens with one attached hydrogen (secondary N) is 1. The van der Waals surface area contributed by atoms with E-state index in [0.29, 0.717) is 0 Å². The van der Waals surface area contributed by atoms with Crippen LogP contribution in [-0.4, -0.2) is 24.6 Å². The van der Waals surface area contributed by atoms with Gasteiger partial charge in [0, 0.05) is 0 Å². The second kappa shape index (κ2) is 3.76. The fourth-order valence-electron chi connectivity index (χ4n) is 1.47. The minimum atomic E-state index is -4.50. The highest BCUT2D eigenvalue weighted by molar-refractivity contribution is 6.22. The van der Waals surface area contributed by atoms with E-state index < -0.39 is 24.6 Å². The highest BCUT2D eigenvalue weighted by Gasteiger charge is 2.33. The molecule has 0 spiro atoms. The molecule has 2 amide bonds. The number of carbonyl (C=O) groups excluding carboxylic acids is 2. The highest BCUT2D eigenvalue weighted by Crippen LogP contribution is 2.27. The molecular weight excluding hydrogens is 239 g/mol. The Bertz CT molecular complexity index is 496. The number of hydrogen-bond acceptors (Lipinski definition) is 3. The van der Waals surface area contributed by atoms with Crippen molar-refractivity contribution in [3.8, 4) is 5.75 Å². The molecule has 7 heteroatoms. The third-order valence-corrected chi connectivity index (χ3v) is 2.12. The minimum absolute atomic E-state index is 0.0228. The lowest BCUT2D eigenvalue weighted by Gasteiger charge is -2.10. The molecule has 4 nitrogen and oxygen atoms in total. The van der Waals surface area contributed by atoms with Crippen LogP contribution in [0.3, 0.4) is 0 Å². The van der Waals surface area contributed by atoms with E-state index in [1.54, 1.807) is 0 Å². The summed E-state index contributed by atoms with van der Waals surface area (Å²) in [5.41, 5.74) is -0.128. The third kappa shape index (κ3) is 2.22. The van der Waals surface area contributed by atoms with Gasteiger partial charge in [0.15, 0.2) is 6.61 Å². The van der Waals surface area contributed by atoms with Gasteiger partial charge in [-0.3, -0.25) is 14.9 Å². The van der Waals surface area contributed by atoms with Crippen LogP contribution in [0.2, 0.25) is 0 Å². The van der Waals surface area contributed by atoms with Crippen LogP contribution >= 0.6 is 0 Å². The first-order chi connectivity index (χ1) is 7.88. The van der Waals surface area contributed by atoms with Gasteiger partial charge in [0.05, 0.1) is 11.1 Å². The maximum atomic E-state index is 12.0. The van der Waals surface area contributed by atoms with E-state index in [4.69, 9.17) is 0 Å². The molecule has 1 heterocycles. The first kappa shape index (κ1) is 11.4. The van der Waals surface area contributed by atoms with Gasteiger partial charge >= 0.3 is 6.18 Å². The number of fused-ring (bicyclic) bond motifs is 1. The molecule has 17 heavy (non-hydrogen) atoms. The number of benzene rings is 1. The number of carbonyl (C=O) groups is 2. The lowest BCUT2D eigenvalue weighted by Crippen LogP contribution is -2.21. The summed E-state index contributed by atoms with van der Waals surface area (Å²) in [5, 5.41) is 1.98. The monoisotopic (exact) mass is 245 g/mol. The van der Waals surface area contributed by atoms with Crippen LogP contribution < -0.4 is 10.1 Å². The minimum Gasteiger partial charge on any atom is -0.483 e. The second-order valence-electron chi connectivity index (χ2n) is 3.37. The van der Waals surface area contributed by atoms with Crippen molar-refractivity contribution in [1.82, 2.24) is 5.32 Å². The standard InChI is InChI=1S/C10H6F3NO3/c11-10(12,13)4-17-6-3-1-2-5-7(6)9(16)14-8(5)15/h1-3H,4H2,(H,14,15,16). The topological polar surface area (TPSA) is 55.4 Å². The fourth-order valence-corrected chi connectivity index (χ4v) is 1.47. The number of imide groups is 1. The van der Waals surface area contributed by atoms with E-state index >= 15 is 0 Å². The van der Waals surface area contributed by atoms with Gasteiger partial charge in [0.25, 0.3) is 11.8 Å². The lowest BCUT2D eigenvalue weighted by molar-refractivity contribution is -0.153. The Balaban J connectivity index is 2.31. The van der Waals surface area contributed by atoms with E-state index in [-0.39, 0.29) is 16.9 Å². The molecule has 1 aromatic rings. The van der Waals surface area contributed by atoms with Crippen molar-refractivity contribution in [2.24, 2.45) is 0 Å². The van der Waals surface area contributed by atoms with Gasteiger partial charge in [0.1, 0.15) is 5.75 Å². The van der Waals surface area contributed by atoms with Crippen molar-refractivity contribution >= 4 is 11.8 Å². The zero-order chi connectivity index (χ0) is 12.6. The van der Waals surface area contributed by atoms with E-state index in [2.05, 4.69) is 4.74 Å². The van der Waals surface area contributed by atoms with Crippen LogP contribution in [0.4, 0.5) is 13.2 Å². The molecular formula is C10H6F3NO3. The van der Waals surface area contributed by atoms with Gasteiger partial charge in [-0.2, -0.15) is 13.2 Å². The Morgan fingerprint density at radius 1 is 1.18 bits per heavy atom. The average Bonchev–Trinajstić information content (AvgIpc) is 2.52. The molecule has 0 atom stereocenters. The Morgan fingerprint density at radius 3 is 2.53 bits per heavy atom. The molecule has 90 valence electrons. The van der Waals surface area contributed by atoms with Crippen molar-refractivity contribution in [3.05, 3.63) is 29.3 Å². The Kier molecular flexibility index (Phi) is 2.53. The molecule has 0 unspecified atom stereocenters. The Morgan fingerprint density at radius 2 is 1.88 bits per heavy atom. The van der Waals surface area contributed by atoms with Crippen molar-refractivity contribution in [2.45, 2.75) is 6.18 Å². The third-order valence-electron chi connectivity index (χ3n) is 2.12. The van der Waals surface area contributed by atoms with Gasteiger partial charge in [0.2, 0.25) is 0 Å². The number of hydrogen-bond donors (Lipinski definition) is 1. The summed E-state index contributed by atoms with van der Waals surface area (Å²) < 4.78 is 40.4. The summed E-state index contributed by atoms with van der Waals surface area (Å²) >= 11 is 0. The summed E-state index contributed by atoms with van der Waals surface area (Å²) in [6.07, 6.45) is -4.50. The molecule has 0 saturated carbocycles. The zero-order valence-corrected chi connectivity index (χ0v) is 8.30. The molecule has 0 bridgehead atoms. The first-order valence-corrected chi connectivity index (χ1v) is 4.57. The molecule has 2 rings (SSSR count). The van der Waals surface area contributed by atoms with Gasteiger partial charge in [-0.15, -0.1) is 0 Å². The average molecular weight is 245 g/mol. The molecule has 0 fully saturated rings. The SMILES string of the molecule is O=C1NC(=O)c2c(OCC(F)(F)F)cccc21. The maximum absolute atomic E-state index is 12.0. The second-order valence-corrected chi connectivity index (χ2v) is 3.37. The number of alkyl halides is 3. The van der Waals surface area contributed by atoms with Crippen molar-refractivity contribution in [2.75, 3.05) is 6.61 Å². The summed E-state index contributed by atoms with van der Waals surface area (Å²) in [5.74, 6) is -1.63. The van der Waals surface area contributed by atoms with E-state index in [9.17, 15) is 22.8 Å². The molecule has 1 N–H and O–H groups in total. The van der Waals surface area contributed by atoms with Crippen LogP contribution in [0, 0.1) is 0 Å². The summed E-state index contributed by atoms with van der Waals surface area (Å²) in [6.45, 7) is -1.51. The molecule has 1 aromatic carbocycles. The Labute approximate surface area is 93.4 Å². The highest BCUT2D eigenvalue weighted by atomic mass is 19.4. The summed E-state index contributed by atoms with van der Waals surface area (Å²) in [4.78, 5) is 22.5. The molecule has 0 aromatic heterocycles. The first-order valence-electron chi connectivity index (χ1n) is 4.57. The number of ether oxygens (including phenoxy) is 1.